The van der Waals surface area contributed by atoms with Crippen molar-refractivity contribution in [1.29, 1.82) is 0 Å². The zero-order valence-electron chi connectivity index (χ0n) is 9.35. The van der Waals surface area contributed by atoms with E-state index in [0.29, 0.717) is 0 Å². The van der Waals surface area contributed by atoms with Gasteiger partial charge in [-0.25, -0.2) is 0 Å². The molecule has 4 nitrogen and oxygen atoms in total. The molecule has 0 aliphatic carbocycles. The Labute approximate surface area is 86.1 Å². The summed E-state index contributed by atoms with van der Waals surface area (Å²) in [5.74, 6) is 0. The minimum absolute atomic E-state index is 0.126. The zero-order valence-corrected chi connectivity index (χ0v) is 9.35. The summed E-state index contributed by atoms with van der Waals surface area (Å²) in [5.41, 5.74) is 0. The second-order valence-electron chi connectivity index (χ2n) is 4.32. The number of hydrogen-bond acceptors (Lipinski definition) is 4. The molecule has 0 amide bonds. The van der Waals surface area contributed by atoms with Crippen molar-refractivity contribution in [3.63, 3.8) is 0 Å². The summed E-state index contributed by atoms with van der Waals surface area (Å²) in [5, 5.41) is 18.8. The molecule has 1 fully saturated rings. The lowest BCUT2D eigenvalue weighted by Crippen LogP contribution is -2.58. The lowest BCUT2D eigenvalue weighted by molar-refractivity contribution is -0.0149. The maximum absolute atomic E-state index is 9.52. The molecule has 1 aliphatic heterocycles. The van der Waals surface area contributed by atoms with Gasteiger partial charge in [-0.05, 0) is 20.9 Å². The van der Waals surface area contributed by atoms with Crippen LogP contribution in [0.15, 0.2) is 0 Å². The van der Waals surface area contributed by atoms with Crippen molar-refractivity contribution in [3.8, 4) is 0 Å². The molecule has 1 rings (SSSR count). The van der Waals surface area contributed by atoms with E-state index in [0.717, 1.165) is 19.6 Å². The molecule has 0 radical (unpaired) electrons. The van der Waals surface area contributed by atoms with E-state index >= 15 is 0 Å². The molecule has 14 heavy (non-hydrogen) atoms. The highest BCUT2D eigenvalue weighted by atomic mass is 16.3. The first-order valence-electron chi connectivity index (χ1n) is 5.29. The minimum atomic E-state index is -0.340. The Morgan fingerprint density at radius 3 is 2.50 bits per heavy atom. The highest BCUT2D eigenvalue weighted by Crippen LogP contribution is 2.14. The van der Waals surface area contributed by atoms with Gasteiger partial charge in [-0.1, -0.05) is 0 Å². The van der Waals surface area contributed by atoms with Crippen LogP contribution in [-0.2, 0) is 0 Å². The summed E-state index contributed by atoms with van der Waals surface area (Å²) in [6.45, 7) is 6.80. The maximum atomic E-state index is 9.52. The largest absolute Gasteiger partial charge is 0.395 e. The number of rotatable bonds is 3. The van der Waals surface area contributed by atoms with Crippen LogP contribution >= 0.6 is 0 Å². The van der Waals surface area contributed by atoms with Crippen LogP contribution in [0.2, 0.25) is 0 Å². The molecular formula is C10H22N2O2. The summed E-state index contributed by atoms with van der Waals surface area (Å²) >= 11 is 0. The van der Waals surface area contributed by atoms with Gasteiger partial charge in [-0.2, -0.15) is 0 Å². The summed E-state index contributed by atoms with van der Waals surface area (Å²) in [7, 11) is 2.06. The van der Waals surface area contributed by atoms with Crippen LogP contribution in [0.1, 0.15) is 13.8 Å². The van der Waals surface area contributed by atoms with Crippen LogP contribution in [0.4, 0.5) is 0 Å². The molecular weight excluding hydrogens is 180 g/mol. The quantitative estimate of drug-likeness (QED) is 0.639. The van der Waals surface area contributed by atoms with Gasteiger partial charge < -0.3 is 15.1 Å². The van der Waals surface area contributed by atoms with Gasteiger partial charge in [0.2, 0.25) is 0 Å². The van der Waals surface area contributed by atoms with E-state index in [2.05, 4.69) is 16.8 Å². The van der Waals surface area contributed by atoms with E-state index in [1.165, 1.54) is 0 Å². The Balaban J connectivity index is 2.58. The third-order valence-electron chi connectivity index (χ3n) is 3.16. The second-order valence-corrected chi connectivity index (χ2v) is 4.32. The molecule has 1 heterocycles. The summed E-state index contributed by atoms with van der Waals surface area (Å²) in [4.78, 5) is 4.41. The molecule has 0 bridgehead atoms. The van der Waals surface area contributed by atoms with Crippen LogP contribution < -0.4 is 0 Å². The Kier molecular flexibility index (Phi) is 4.31. The van der Waals surface area contributed by atoms with E-state index in [1.54, 1.807) is 6.92 Å². The van der Waals surface area contributed by atoms with E-state index in [-0.39, 0.29) is 24.8 Å². The zero-order chi connectivity index (χ0) is 10.7. The van der Waals surface area contributed by atoms with E-state index < -0.39 is 0 Å². The predicted molar refractivity (Wildman–Crippen MR) is 56.2 cm³/mol. The van der Waals surface area contributed by atoms with Crippen molar-refractivity contribution in [2.24, 2.45) is 0 Å². The van der Waals surface area contributed by atoms with Gasteiger partial charge in [-0.3, -0.25) is 4.90 Å². The fourth-order valence-electron chi connectivity index (χ4n) is 2.00. The van der Waals surface area contributed by atoms with Crippen LogP contribution in [0, 0.1) is 0 Å². The number of piperazine rings is 1. The highest BCUT2D eigenvalue weighted by Gasteiger charge is 2.29. The van der Waals surface area contributed by atoms with Gasteiger partial charge in [0.15, 0.2) is 0 Å². The molecule has 0 aromatic carbocycles. The van der Waals surface area contributed by atoms with Crippen molar-refractivity contribution in [1.82, 2.24) is 9.80 Å². The van der Waals surface area contributed by atoms with Crippen LogP contribution in [0.3, 0.4) is 0 Å². The summed E-state index contributed by atoms with van der Waals surface area (Å²) in [6, 6.07) is 0.291. The molecule has 0 spiro atoms. The Morgan fingerprint density at radius 1 is 1.36 bits per heavy atom. The molecule has 1 saturated heterocycles. The van der Waals surface area contributed by atoms with Crippen molar-refractivity contribution in [2.45, 2.75) is 32.0 Å². The summed E-state index contributed by atoms with van der Waals surface area (Å²) < 4.78 is 0. The number of likely N-dealkylation sites (N-methyl/N-ethyl adjacent to an activating group) is 1. The van der Waals surface area contributed by atoms with Crippen LogP contribution in [0.25, 0.3) is 0 Å². The van der Waals surface area contributed by atoms with Gasteiger partial charge in [0, 0.05) is 31.7 Å². The Morgan fingerprint density at radius 2 is 2.00 bits per heavy atom. The molecule has 3 unspecified atom stereocenters. The van der Waals surface area contributed by atoms with Gasteiger partial charge >= 0.3 is 0 Å². The van der Waals surface area contributed by atoms with Crippen LogP contribution in [-0.4, -0.2) is 71.5 Å². The Hall–Kier alpha value is -0.160. The van der Waals surface area contributed by atoms with E-state index in [4.69, 9.17) is 0 Å². The van der Waals surface area contributed by atoms with Crippen molar-refractivity contribution < 1.29 is 10.2 Å². The summed E-state index contributed by atoms with van der Waals surface area (Å²) in [6.07, 6.45) is -0.340. The fraction of sp³-hybridized carbons (Fsp3) is 1.00. The first-order valence-corrected chi connectivity index (χ1v) is 5.29. The average molecular weight is 202 g/mol. The minimum Gasteiger partial charge on any atom is -0.395 e. The molecule has 0 aromatic heterocycles. The van der Waals surface area contributed by atoms with E-state index in [1.807, 2.05) is 6.92 Å². The van der Waals surface area contributed by atoms with Gasteiger partial charge in [0.05, 0.1) is 12.7 Å². The molecule has 84 valence electrons. The maximum Gasteiger partial charge on any atom is 0.0664 e. The predicted octanol–water partition coefficient (Wildman–Crippen LogP) is -0.636. The van der Waals surface area contributed by atoms with Crippen molar-refractivity contribution in [3.05, 3.63) is 0 Å². The molecule has 1 aliphatic rings. The molecule has 2 N–H and O–H groups in total. The Bertz CT molecular complexity index is 176. The standard InChI is InChI=1S/C10H22N2O2/c1-8(9(2)14)12-5-4-11(3)6-10(12)7-13/h8-10,13-14H,4-7H2,1-3H3. The molecule has 3 atom stereocenters. The average Bonchev–Trinajstić information content (AvgIpc) is 2.16. The van der Waals surface area contributed by atoms with Gasteiger partial charge in [0.25, 0.3) is 0 Å². The molecule has 4 heteroatoms. The van der Waals surface area contributed by atoms with Crippen molar-refractivity contribution in [2.75, 3.05) is 33.3 Å². The second kappa shape index (κ2) is 5.07. The lowest BCUT2D eigenvalue weighted by atomic mass is 10.1. The monoisotopic (exact) mass is 202 g/mol. The lowest BCUT2D eigenvalue weighted by Gasteiger charge is -2.43. The highest BCUT2D eigenvalue weighted by molar-refractivity contribution is 4.85. The fourth-order valence-corrected chi connectivity index (χ4v) is 2.00. The van der Waals surface area contributed by atoms with Crippen LogP contribution in [0.5, 0.6) is 0 Å². The smallest absolute Gasteiger partial charge is 0.0664 e. The first-order chi connectivity index (χ1) is 6.56. The molecule has 0 aromatic rings. The van der Waals surface area contributed by atoms with E-state index in [9.17, 15) is 10.2 Å². The normalized spacial score (nSPS) is 30.2. The van der Waals surface area contributed by atoms with Gasteiger partial charge in [0.1, 0.15) is 0 Å². The number of aliphatic hydroxyl groups excluding tert-OH is 2. The third kappa shape index (κ3) is 2.67. The van der Waals surface area contributed by atoms with Gasteiger partial charge in [-0.15, -0.1) is 0 Å². The third-order valence-corrected chi connectivity index (χ3v) is 3.16. The number of aliphatic hydroxyl groups is 2. The number of hydrogen-bond donors (Lipinski definition) is 2. The topological polar surface area (TPSA) is 46.9 Å². The SMILES string of the molecule is CC(O)C(C)N1CCN(C)CC1CO. The van der Waals surface area contributed by atoms with Crippen molar-refractivity contribution >= 4 is 0 Å². The first kappa shape index (κ1) is 11.9. The molecule has 0 saturated carbocycles. The number of nitrogens with zero attached hydrogens (tertiary/aromatic N) is 2.